The maximum Gasteiger partial charge on any atom is 0.244 e. The molecule has 1 aromatic heterocycles. The summed E-state index contributed by atoms with van der Waals surface area (Å²) in [5.41, 5.74) is 9.20. The Morgan fingerprint density at radius 2 is 2.04 bits per heavy atom. The van der Waals surface area contributed by atoms with Crippen LogP contribution in [0.15, 0.2) is 60.0 Å². The van der Waals surface area contributed by atoms with Gasteiger partial charge in [-0.15, -0.1) is 5.10 Å². The molecule has 2 heterocycles. The highest BCUT2D eigenvalue weighted by Crippen LogP contribution is 2.46. The Hall–Kier alpha value is -3.92. The molecule has 0 radical (unpaired) electrons. The minimum Gasteiger partial charge on any atom is -0.508 e. The van der Waals surface area contributed by atoms with Crippen molar-refractivity contribution in [2.75, 3.05) is 7.11 Å². The van der Waals surface area contributed by atoms with Gasteiger partial charge < -0.3 is 20.3 Å². The van der Waals surface area contributed by atoms with Crippen molar-refractivity contribution in [3.8, 4) is 34.7 Å². The first-order valence-corrected chi connectivity index (χ1v) is 8.21. The van der Waals surface area contributed by atoms with Crippen LogP contribution in [-0.2, 0) is 0 Å². The fourth-order valence-corrected chi connectivity index (χ4v) is 3.26. The first-order valence-electron chi connectivity index (χ1n) is 8.21. The summed E-state index contributed by atoms with van der Waals surface area (Å²) in [7, 11) is 1.60. The quantitative estimate of drug-likeness (QED) is 0.661. The van der Waals surface area contributed by atoms with Crippen LogP contribution in [0.3, 0.4) is 0 Å². The first-order chi connectivity index (χ1) is 13.1. The molecule has 1 aliphatic heterocycles. The van der Waals surface area contributed by atoms with Crippen LogP contribution in [0.4, 0.5) is 0 Å². The van der Waals surface area contributed by atoms with E-state index in [-0.39, 0.29) is 17.2 Å². The predicted octanol–water partition coefficient (Wildman–Crippen LogP) is 3.01. The molecule has 0 amide bonds. The van der Waals surface area contributed by atoms with Gasteiger partial charge in [-0.25, -0.2) is 0 Å². The largest absolute Gasteiger partial charge is 0.508 e. The SMILES string of the molecule is COc1ccc(-c2[nH]nc3c2[C@H](c2cccc(O)c2)C(C#N)=C(N)O3)cc1. The van der Waals surface area contributed by atoms with Crippen LogP contribution in [-0.4, -0.2) is 22.4 Å². The minimum atomic E-state index is -0.512. The number of nitriles is 1. The Morgan fingerprint density at radius 1 is 1.26 bits per heavy atom. The zero-order valence-electron chi connectivity index (χ0n) is 14.4. The minimum absolute atomic E-state index is 0.00567. The van der Waals surface area contributed by atoms with E-state index in [1.54, 1.807) is 25.3 Å². The summed E-state index contributed by atoms with van der Waals surface area (Å²) in [5, 5.41) is 26.8. The van der Waals surface area contributed by atoms with Gasteiger partial charge >= 0.3 is 0 Å². The Kier molecular flexibility index (Phi) is 3.94. The molecule has 1 atom stereocenters. The summed E-state index contributed by atoms with van der Waals surface area (Å²) >= 11 is 0. The highest BCUT2D eigenvalue weighted by atomic mass is 16.5. The van der Waals surface area contributed by atoms with E-state index in [1.807, 2.05) is 30.3 Å². The highest BCUT2D eigenvalue weighted by molar-refractivity contribution is 5.71. The summed E-state index contributed by atoms with van der Waals surface area (Å²) in [6.45, 7) is 0. The van der Waals surface area contributed by atoms with Gasteiger partial charge in [-0.2, -0.15) is 5.26 Å². The van der Waals surface area contributed by atoms with Gasteiger partial charge in [-0.05, 0) is 42.0 Å². The summed E-state index contributed by atoms with van der Waals surface area (Å²) < 4.78 is 10.8. The van der Waals surface area contributed by atoms with Crippen molar-refractivity contribution in [2.45, 2.75) is 5.92 Å². The molecule has 2 aromatic carbocycles. The first kappa shape index (κ1) is 16.5. The van der Waals surface area contributed by atoms with Gasteiger partial charge in [0.25, 0.3) is 0 Å². The predicted molar refractivity (Wildman–Crippen MR) is 98.0 cm³/mol. The summed E-state index contributed by atoms with van der Waals surface area (Å²) in [4.78, 5) is 0. The molecular weight excluding hydrogens is 344 g/mol. The zero-order valence-corrected chi connectivity index (χ0v) is 14.4. The van der Waals surface area contributed by atoms with Crippen LogP contribution in [0.2, 0.25) is 0 Å². The van der Waals surface area contributed by atoms with Gasteiger partial charge in [0.15, 0.2) is 0 Å². The molecule has 7 heteroatoms. The standard InChI is InChI=1S/C20H16N4O3/c1-26-14-7-5-11(6-8-14)18-17-16(12-3-2-4-13(25)9-12)15(10-21)19(22)27-20(17)24-23-18/h2-9,16,25H,22H2,1H3,(H,23,24)/t16-/m1/s1. The molecule has 0 fully saturated rings. The molecule has 0 spiro atoms. The maximum atomic E-state index is 9.91. The van der Waals surface area contributed by atoms with E-state index in [4.69, 9.17) is 15.2 Å². The highest BCUT2D eigenvalue weighted by Gasteiger charge is 2.35. The molecule has 0 aliphatic carbocycles. The molecule has 0 saturated carbocycles. The van der Waals surface area contributed by atoms with Gasteiger partial charge in [-0.1, -0.05) is 12.1 Å². The van der Waals surface area contributed by atoms with E-state index in [1.165, 1.54) is 0 Å². The van der Waals surface area contributed by atoms with Gasteiger partial charge in [0.05, 0.1) is 24.3 Å². The lowest BCUT2D eigenvalue weighted by Crippen LogP contribution is -2.20. The van der Waals surface area contributed by atoms with E-state index in [9.17, 15) is 10.4 Å². The summed E-state index contributed by atoms with van der Waals surface area (Å²) in [6.07, 6.45) is 0. The van der Waals surface area contributed by atoms with Crippen LogP contribution in [0.5, 0.6) is 17.4 Å². The van der Waals surface area contributed by atoms with Gasteiger partial charge in [0.2, 0.25) is 11.8 Å². The molecule has 0 bridgehead atoms. The number of phenolic OH excluding ortho intramolecular Hbond substituents is 1. The fraction of sp³-hybridized carbons (Fsp3) is 0.100. The summed E-state index contributed by atoms with van der Waals surface area (Å²) in [5.74, 6) is 0.638. The number of H-pyrrole nitrogens is 1. The molecule has 4 rings (SSSR count). The second-order valence-electron chi connectivity index (χ2n) is 6.07. The number of allylic oxidation sites excluding steroid dienone is 1. The van der Waals surface area contributed by atoms with Gasteiger partial charge in [0, 0.05) is 5.56 Å². The second kappa shape index (κ2) is 6.42. The smallest absolute Gasteiger partial charge is 0.244 e. The second-order valence-corrected chi connectivity index (χ2v) is 6.07. The molecule has 27 heavy (non-hydrogen) atoms. The number of nitrogens with two attached hydrogens (primary N) is 1. The average Bonchev–Trinajstić information content (AvgIpc) is 3.10. The molecule has 3 aromatic rings. The fourth-order valence-electron chi connectivity index (χ4n) is 3.26. The van der Waals surface area contributed by atoms with E-state index >= 15 is 0 Å². The third-order valence-electron chi connectivity index (χ3n) is 4.52. The number of hydrogen-bond acceptors (Lipinski definition) is 6. The molecular formula is C20H16N4O3. The third kappa shape index (κ3) is 2.73. The van der Waals surface area contributed by atoms with Crippen LogP contribution in [0.1, 0.15) is 17.0 Å². The lowest BCUT2D eigenvalue weighted by atomic mass is 9.83. The summed E-state index contributed by atoms with van der Waals surface area (Å²) in [6, 6.07) is 16.3. The molecule has 1 aliphatic rings. The van der Waals surface area contributed by atoms with Crippen LogP contribution in [0.25, 0.3) is 11.3 Å². The molecule has 4 N–H and O–H groups in total. The number of benzene rings is 2. The maximum absolute atomic E-state index is 9.91. The average molecular weight is 360 g/mol. The van der Waals surface area contributed by atoms with Crippen molar-refractivity contribution in [1.82, 2.24) is 10.2 Å². The van der Waals surface area contributed by atoms with E-state index < -0.39 is 5.92 Å². The number of nitrogens with zero attached hydrogens (tertiary/aromatic N) is 2. The van der Waals surface area contributed by atoms with Gasteiger partial charge in [-0.3, -0.25) is 5.10 Å². The number of phenols is 1. The molecule has 7 nitrogen and oxygen atoms in total. The lowest BCUT2D eigenvalue weighted by Gasteiger charge is -2.24. The number of aromatic hydroxyl groups is 1. The van der Waals surface area contributed by atoms with Crippen molar-refractivity contribution in [3.05, 3.63) is 71.1 Å². The number of aromatic amines is 1. The van der Waals surface area contributed by atoms with E-state index in [2.05, 4.69) is 16.3 Å². The van der Waals surface area contributed by atoms with Crippen LogP contribution >= 0.6 is 0 Å². The normalized spacial score (nSPS) is 15.6. The Morgan fingerprint density at radius 3 is 2.70 bits per heavy atom. The monoisotopic (exact) mass is 360 g/mol. The van der Waals surface area contributed by atoms with E-state index in [0.29, 0.717) is 17.1 Å². The number of rotatable bonds is 3. The number of ether oxygens (including phenoxy) is 2. The third-order valence-corrected chi connectivity index (χ3v) is 4.52. The number of aromatic nitrogens is 2. The number of hydrogen-bond donors (Lipinski definition) is 3. The number of fused-ring (bicyclic) bond motifs is 1. The van der Waals surface area contributed by atoms with Crippen molar-refractivity contribution in [3.63, 3.8) is 0 Å². The van der Waals surface area contributed by atoms with Crippen molar-refractivity contribution in [2.24, 2.45) is 5.73 Å². The number of methoxy groups -OCH3 is 1. The Balaban J connectivity index is 1.92. The van der Waals surface area contributed by atoms with Crippen LogP contribution in [0, 0.1) is 11.3 Å². The Labute approximate surface area is 155 Å². The van der Waals surface area contributed by atoms with Crippen LogP contribution < -0.4 is 15.2 Å². The van der Waals surface area contributed by atoms with E-state index in [0.717, 1.165) is 16.9 Å². The molecule has 0 saturated heterocycles. The lowest BCUT2D eigenvalue weighted by molar-refractivity contribution is 0.378. The van der Waals surface area contributed by atoms with Crippen molar-refractivity contribution < 1.29 is 14.6 Å². The zero-order chi connectivity index (χ0) is 19.0. The van der Waals surface area contributed by atoms with Crippen molar-refractivity contribution >= 4 is 0 Å². The van der Waals surface area contributed by atoms with Gasteiger partial charge in [0.1, 0.15) is 23.1 Å². The molecule has 134 valence electrons. The number of nitrogens with one attached hydrogen (secondary N) is 1. The topological polar surface area (TPSA) is 117 Å². The Bertz CT molecular complexity index is 1080. The van der Waals surface area contributed by atoms with Crippen molar-refractivity contribution in [1.29, 1.82) is 5.26 Å². The molecule has 0 unspecified atom stereocenters.